The van der Waals surface area contributed by atoms with Crippen molar-refractivity contribution < 1.29 is 37.5 Å². The second kappa shape index (κ2) is 17.6. The maximum Gasteiger partial charge on any atom is 0.490 e. The largest absolute Gasteiger partial charge is 0.490 e. The van der Waals surface area contributed by atoms with E-state index >= 15 is 0 Å². The predicted molar refractivity (Wildman–Crippen MR) is 184 cm³/mol. The smallest absolute Gasteiger partial charge is 0.475 e. The zero-order chi connectivity index (χ0) is 37.8. The first-order valence-corrected chi connectivity index (χ1v) is 15.4. The van der Waals surface area contributed by atoms with Crippen molar-refractivity contribution >= 4 is 46.3 Å². The van der Waals surface area contributed by atoms with Crippen molar-refractivity contribution in [2.45, 2.75) is 64.2 Å². The fraction of sp³-hybridized carbons (Fsp3) is 0.353. The molecule has 16 heteroatoms. The average molecular weight is 701 g/mol. The van der Waals surface area contributed by atoms with Gasteiger partial charge in [-0.3, -0.25) is 24.8 Å². The van der Waals surface area contributed by atoms with Gasteiger partial charge in [-0.25, -0.2) is 4.79 Å². The number of hydrogen-bond acceptors (Lipinski definition) is 6. The van der Waals surface area contributed by atoms with Crippen LogP contribution in [0.25, 0.3) is 10.8 Å². The Morgan fingerprint density at radius 3 is 1.94 bits per heavy atom. The summed E-state index contributed by atoms with van der Waals surface area (Å²) in [4.78, 5) is 52.5. The SMILES string of the molecule is CC(C)(C)[C@H](NC(=O)C(Cc1ccc(C(=N)N)cc1)c1ccc2ccccc2c1)C(=O)N[C@@H](CCCN=C(N)N)C(N)=O.O=C(O)C(F)(F)F. The highest BCUT2D eigenvalue weighted by Crippen LogP contribution is 2.28. The van der Waals surface area contributed by atoms with Crippen molar-refractivity contribution in [3.8, 4) is 0 Å². The van der Waals surface area contributed by atoms with Crippen molar-refractivity contribution in [3.63, 3.8) is 0 Å². The zero-order valence-electron chi connectivity index (χ0n) is 27.9. The van der Waals surface area contributed by atoms with Crippen molar-refractivity contribution in [2.75, 3.05) is 6.54 Å². The summed E-state index contributed by atoms with van der Waals surface area (Å²) in [6.07, 6.45) is -4.08. The summed E-state index contributed by atoms with van der Waals surface area (Å²) in [7, 11) is 0. The van der Waals surface area contributed by atoms with Gasteiger partial charge in [0, 0.05) is 12.1 Å². The molecule has 3 amide bonds. The second-order valence-corrected chi connectivity index (χ2v) is 12.5. The number of carbonyl (C=O) groups is 4. The van der Waals surface area contributed by atoms with E-state index in [4.69, 9.17) is 38.2 Å². The van der Waals surface area contributed by atoms with Crippen molar-refractivity contribution in [1.82, 2.24) is 10.6 Å². The molecule has 0 aliphatic heterocycles. The highest BCUT2D eigenvalue weighted by atomic mass is 19.4. The quantitative estimate of drug-likeness (QED) is 0.0746. The van der Waals surface area contributed by atoms with Crippen LogP contribution in [0, 0.1) is 10.8 Å². The van der Waals surface area contributed by atoms with Gasteiger partial charge < -0.3 is 38.7 Å². The fourth-order valence-corrected chi connectivity index (χ4v) is 4.80. The molecule has 0 bridgehead atoms. The Morgan fingerprint density at radius 1 is 0.860 bits per heavy atom. The van der Waals surface area contributed by atoms with Gasteiger partial charge in [0.2, 0.25) is 17.7 Å². The third-order valence-corrected chi connectivity index (χ3v) is 7.46. The third-order valence-electron chi connectivity index (χ3n) is 7.46. The summed E-state index contributed by atoms with van der Waals surface area (Å²) in [5.41, 5.74) is 23.4. The van der Waals surface area contributed by atoms with Crippen LogP contribution < -0.4 is 33.6 Å². The molecule has 0 fully saturated rings. The second-order valence-electron chi connectivity index (χ2n) is 12.5. The Balaban J connectivity index is 0.00000112. The van der Waals surface area contributed by atoms with E-state index in [1.807, 2.05) is 75.4 Å². The maximum absolute atomic E-state index is 14.0. The lowest BCUT2D eigenvalue weighted by molar-refractivity contribution is -0.192. The number of carboxylic acids is 1. The van der Waals surface area contributed by atoms with Crippen LogP contribution in [0.4, 0.5) is 13.2 Å². The first-order chi connectivity index (χ1) is 23.2. The molecule has 0 spiro atoms. The summed E-state index contributed by atoms with van der Waals surface area (Å²) in [6, 6.07) is 19.0. The molecule has 3 rings (SSSR count). The minimum Gasteiger partial charge on any atom is -0.475 e. The van der Waals surface area contributed by atoms with Gasteiger partial charge in [-0.15, -0.1) is 0 Å². The van der Waals surface area contributed by atoms with Crippen LogP contribution in [-0.4, -0.2) is 65.4 Å². The molecular weight excluding hydrogens is 657 g/mol. The van der Waals surface area contributed by atoms with Crippen molar-refractivity contribution in [1.29, 1.82) is 5.41 Å². The molecule has 12 N–H and O–H groups in total. The summed E-state index contributed by atoms with van der Waals surface area (Å²) in [6.45, 7) is 5.78. The summed E-state index contributed by atoms with van der Waals surface area (Å²) >= 11 is 0. The number of amidine groups is 1. The number of nitrogens with one attached hydrogen (secondary N) is 3. The van der Waals surface area contributed by atoms with Crippen LogP contribution in [0.5, 0.6) is 0 Å². The van der Waals surface area contributed by atoms with Crippen LogP contribution in [-0.2, 0) is 25.6 Å². The van der Waals surface area contributed by atoms with E-state index < -0.39 is 47.4 Å². The van der Waals surface area contributed by atoms with E-state index in [9.17, 15) is 27.6 Å². The minimum atomic E-state index is -5.08. The molecule has 0 aliphatic rings. The van der Waals surface area contributed by atoms with Gasteiger partial charge in [0.1, 0.15) is 17.9 Å². The Bertz CT molecular complexity index is 1700. The van der Waals surface area contributed by atoms with E-state index in [1.165, 1.54) is 0 Å². The van der Waals surface area contributed by atoms with Gasteiger partial charge >= 0.3 is 12.1 Å². The number of aliphatic carboxylic acids is 1. The number of amides is 3. The van der Waals surface area contributed by atoms with Gasteiger partial charge in [-0.05, 0) is 46.6 Å². The normalized spacial score (nSPS) is 13.1. The van der Waals surface area contributed by atoms with Gasteiger partial charge in [0.05, 0.1) is 5.92 Å². The molecule has 3 aromatic rings. The van der Waals surface area contributed by atoms with Crippen LogP contribution >= 0.6 is 0 Å². The van der Waals surface area contributed by atoms with E-state index in [0.29, 0.717) is 18.4 Å². The number of primary amides is 1. The number of benzene rings is 3. The fourth-order valence-electron chi connectivity index (χ4n) is 4.80. The molecule has 0 aromatic heterocycles. The number of nitrogen functional groups attached to an aromatic ring is 1. The minimum absolute atomic E-state index is 0.0418. The number of rotatable bonds is 13. The maximum atomic E-state index is 14.0. The van der Waals surface area contributed by atoms with Gasteiger partial charge in [-0.2, -0.15) is 13.2 Å². The Kier molecular flexibility index (Phi) is 14.3. The highest BCUT2D eigenvalue weighted by Gasteiger charge is 2.38. The lowest BCUT2D eigenvalue weighted by Gasteiger charge is -2.33. The van der Waals surface area contributed by atoms with E-state index in [0.717, 1.165) is 21.9 Å². The Morgan fingerprint density at radius 2 is 1.44 bits per heavy atom. The summed E-state index contributed by atoms with van der Waals surface area (Å²) < 4.78 is 31.7. The first kappa shape index (κ1) is 40.5. The molecule has 0 radical (unpaired) electrons. The van der Waals surface area contributed by atoms with Gasteiger partial charge in [0.25, 0.3) is 0 Å². The topological polar surface area (TPSA) is 253 Å². The molecule has 1 unspecified atom stereocenters. The lowest BCUT2D eigenvalue weighted by Crippen LogP contribution is -2.58. The number of alkyl halides is 3. The van der Waals surface area contributed by atoms with E-state index in [1.54, 1.807) is 12.1 Å². The third kappa shape index (κ3) is 12.7. The summed E-state index contributed by atoms with van der Waals surface area (Å²) in [5.74, 6) is -5.06. The van der Waals surface area contributed by atoms with Crippen molar-refractivity contribution in [2.24, 2.45) is 33.3 Å². The van der Waals surface area contributed by atoms with E-state index in [2.05, 4.69) is 15.6 Å². The summed E-state index contributed by atoms with van der Waals surface area (Å²) in [5, 5.41) is 22.5. The number of nitrogens with two attached hydrogens (primary N) is 4. The molecular formula is C34H43F3N8O5. The number of fused-ring (bicyclic) bond motifs is 1. The van der Waals surface area contributed by atoms with Gasteiger partial charge in [-0.1, -0.05) is 87.5 Å². The molecule has 50 heavy (non-hydrogen) atoms. The zero-order valence-corrected chi connectivity index (χ0v) is 27.9. The van der Waals surface area contributed by atoms with E-state index in [-0.39, 0.29) is 30.7 Å². The number of carbonyl (C=O) groups excluding carboxylic acids is 3. The number of aliphatic imine (C=N–C) groups is 1. The van der Waals surface area contributed by atoms with Crippen LogP contribution in [0.2, 0.25) is 0 Å². The van der Waals surface area contributed by atoms with Crippen LogP contribution in [0.3, 0.4) is 0 Å². The number of hydrogen-bond donors (Lipinski definition) is 8. The van der Waals surface area contributed by atoms with Crippen LogP contribution in [0.1, 0.15) is 56.2 Å². The monoisotopic (exact) mass is 700 g/mol. The number of guanidine groups is 1. The standard InChI is InChI=1S/C32H42N8O3.C2HF3O2/c1-32(2,3)26(30(43)39-25(28(35)41)9-6-16-38-31(36)37)40-29(42)24(17-19-10-12-21(13-11-19)27(33)34)23-15-14-20-7-4-5-8-22(20)18-23;3-2(4,5)1(6)7/h4-5,7-8,10-15,18,24-26H,6,9,16-17H2,1-3H3,(H3,33,34)(H2,35,41)(H,39,43)(H,40,42)(H4,36,37,38);(H,6,7)/t24?,25-,26+;/m0./s1. The molecule has 0 saturated carbocycles. The Labute approximate surface area is 287 Å². The van der Waals surface area contributed by atoms with Gasteiger partial charge in [0.15, 0.2) is 5.96 Å². The van der Waals surface area contributed by atoms with Crippen LogP contribution in [0.15, 0.2) is 71.7 Å². The molecule has 0 saturated heterocycles. The lowest BCUT2D eigenvalue weighted by atomic mass is 9.84. The number of carboxylic acid groups (broad SMARTS) is 1. The predicted octanol–water partition coefficient (Wildman–Crippen LogP) is 2.64. The molecule has 3 aromatic carbocycles. The molecule has 13 nitrogen and oxygen atoms in total. The molecule has 0 heterocycles. The highest BCUT2D eigenvalue weighted by molar-refractivity contribution is 5.95. The van der Waals surface area contributed by atoms with Crippen molar-refractivity contribution in [3.05, 3.63) is 83.4 Å². The molecule has 270 valence electrons. The number of nitrogens with zero attached hydrogens (tertiary/aromatic N) is 1. The molecule has 3 atom stereocenters. The number of halogens is 3. The molecule has 0 aliphatic carbocycles. The average Bonchev–Trinajstić information content (AvgIpc) is 3.02. The first-order valence-electron chi connectivity index (χ1n) is 15.4. The Hall–Kier alpha value is -5.67.